The zero-order valence-corrected chi connectivity index (χ0v) is 17.0. The second kappa shape index (κ2) is 11.0. The average Bonchev–Trinajstić information content (AvgIpc) is 2.65. The van der Waals surface area contributed by atoms with Crippen molar-refractivity contribution in [2.75, 3.05) is 26.0 Å². The van der Waals surface area contributed by atoms with E-state index in [0.717, 1.165) is 18.4 Å². The molecule has 4 heteroatoms. The van der Waals surface area contributed by atoms with E-state index >= 15 is 0 Å². The molecule has 4 nitrogen and oxygen atoms in total. The van der Waals surface area contributed by atoms with Gasteiger partial charge in [0, 0.05) is 38.6 Å². The summed E-state index contributed by atoms with van der Waals surface area (Å²) in [5, 5.41) is 0. The van der Waals surface area contributed by atoms with Crippen molar-refractivity contribution in [2.45, 2.75) is 26.7 Å². The first kappa shape index (κ1) is 22.2. The van der Waals surface area contributed by atoms with Crippen LogP contribution in [0.2, 0.25) is 0 Å². The molecular weight excluding hydrogens is 336 g/mol. The fraction of sp³-hybridized carbons (Fsp3) is 0.304. The summed E-state index contributed by atoms with van der Waals surface area (Å²) < 4.78 is 0. The predicted octanol–water partition coefficient (Wildman–Crippen LogP) is 4.31. The lowest BCUT2D eigenvalue weighted by molar-refractivity contribution is -0.123. The highest BCUT2D eigenvalue weighted by atomic mass is 16.2. The van der Waals surface area contributed by atoms with Crippen LogP contribution < -0.4 is 4.90 Å². The van der Waals surface area contributed by atoms with Gasteiger partial charge in [0.25, 0.3) is 5.91 Å². The molecule has 1 rings (SSSR count). The standard InChI is InChI=1S/C23H30N2O2/c1-7-9-21(17-20-11-13-22(14-12-20)24(4)5)16-18(2)19(3)25(6)23(27)10-8-15-26/h8-16H,3,7,17H2,1-2,4-6H3/b10-8-,18-16-,21-9+. The van der Waals surface area contributed by atoms with E-state index in [0.29, 0.717) is 12.0 Å². The molecule has 0 aliphatic rings. The van der Waals surface area contributed by atoms with E-state index in [9.17, 15) is 9.59 Å². The lowest BCUT2D eigenvalue weighted by atomic mass is 10.0. The molecule has 0 aliphatic carbocycles. The minimum atomic E-state index is -0.278. The molecule has 0 radical (unpaired) electrons. The van der Waals surface area contributed by atoms with Crippen LogP contribution in [0.4, 0.5) is 5.69 Å². The van der Waals surface area contributed by atoms with Crippen LogP contribution in [-0.4, -0.2) is 38.2 Å². The number of nitrogens with zero attached hydrogens (tertiary/aromatic N) is 2. The van der Waals surface area contributed by atoms with E-state index in [1.807, 2.05) is 21.0 Å². The van der Waals surface area contributed by atoms with Crippen molar-refractivity contribution in [1.82, 2.24) is 4.90 Å². The van der Waals surface area contributed by atoms with Gasteiger partial charge in [0.15, 0.2) is 0 Å². The van der Waals surface area contributed by atoms with Crippen LogP contribution in [0.25, 0.3) is 0 Å². The third kappa shape index (κ3) is 7.10. The van der Waals surface area contributed by atoms with Gasteiger partial charge in [0.1, 0.15) is 6.29 Å². The highest BCUT2D eigenvalue weighted by Gasteiger charge is 2.11. The summed E-state index contributed by atoms with van der Waals surface area (Å²) in [6.45, 7) is 8.06. The molecule has 0 atom stereocenters. The van der Waals surface area contributed by atoms with Gasteiger partial charge < -0.3 is 9.80 Å². The van der Waals surface area contributed by atoms with Crippen molar-refractivity contribution in [3.05, 3.63) is 77.6 Å². The van der Waals surface area contributed by atoms with Gasteiger partial charge in [-0.2, -0.15) is 0 Å². The number of allylic oxidation sites excluding steroid dienone is 5. The first-order chi connectivity index (χ1) is 12.8. The number of hydrogen-bond acceptors (Lipinski definition) is 3. The predicted molar refractivity (Wildman–Crippen MR) is 114 cm³/mol. The van der Waals surface area contributed by atoms with E-state index in [1.54, 1.807) is 7.05 Å². The topological polar surface area (TPSA) is 40.6 Å². The quantitative estimate of drug-likeness (QED) is 0.372. The molecule has 27 heavy (non-hydrogen) atoms. The number of rotatable bonds is 9. The van der Waals surface area contributed by atoms with Crippen LogP contribution in [0.1, 0.15) is 25.8 Å². The molecule has 0 saturated heterocycles. The van der Waals surface area contributed by atoms with Crippen LogP contribution in [-0.2, 0) is 16.0 Å². The van der Waals surface area contributed by atoms with Gasteiger partial charge in [0.2, 0.25) is 0 Å². The highest BCUT2D eigenvalue weighted by molar-refractivity contribution is 5.92. The van der Waals surface area contributed by atoms with Crippen molar-refractivity contribution in [1.29, 1.82) is 0 Å². The second-order valence-corrected chi connectivity index (χ2v) is 6.59. The Labute approximate surface area is 163 Å². The molecule has 1 aromatic rings. The van der Waals surface area contributed by atoms with Gasteiger partial charge in [-0.05, 0) is 54.7 Å². The third-order valence-corrected chi connectivity index (χ3v) is 4.24. The Kier molecular flexibility index (Phi) is 9.00. The average molecular weight is 367 g/mol. The van der Waals surface area contributed by atoms with Gasteiger partial charge in [-0.3, -0.25) is 9.59 Å². The van der Waals surface area contributed by atoms with E-state index in [2.05, 4.69) is 54.8 Å². The van der Waals surface area contributed by atoms with E-state index < -0.39 is 0 Å². The number of anilines is 1. The summed E-state index contributed by atoms with van der Waals surface area (Å²) in [7, 11) is 5.70. The largest absolute Gasteiger partial charge is 0.378 e. The third-order valence-electron chi connectivity index (χ3n) is 4.24. The molecule has 0 saturated carbocycles. The summed E-state index contributed by atoms with van der Waals surface area (Å²) in [5.41, 5.74) is 5.10. The van der Waals surface area contributed by atoms with Crippen LogP contribution in [0, 0.1) is 0 Å². The summed E-state index contributed by atoms with van der Waals surface area (Å²) >= 11 is 0. The molecule has 0 heterocycles. The maximum Gasteiger partial charge on any atom is 0.250 e. The lowest BCUT2D eigenvalue weighted by Crippen LogP contribution is -2.24. The van der Waals surface area contributed by atoms with Crippen molar-refractivity contribution < 1.29 is 9.59 Å². The zero-order chi connectivity index (χ0) is 20.4. The highest BCUT2D eigenvalue weighted by Crippen LogP contribution is 2.19. The van der Waals surface area contributed by atoms with Crippen molar-refractivity contribution >= 4 is 17.9 Å². The molecule has 0 aliphatic heterocycles. The monoisotopic (exact) mass is 366 g/mol. The fourth-order valence-electron chi connectivity index (χ4n) is 2.58. The van der Waals surface area contributed by atoms with Crippen LogP contribution in [0.3, 0.4) is 0 Å². The number of likely N-dealkylation sites (N-methyl/N-ethyl adjacent to an activating group) is 1. The van der Waals surface area contributed by atoms with Crippen LogP contribution in [0.5, 0.6) is 0 Å². The first-order valence-electron chi connectivity index (χ1n) is 9.02. The Balaban J connectivity index is 2.95. The number of carbonyl (C=O) groups excluding carboxylic acids is 2. The SMILES string of the molecule is C=C(/C(C)=C\C(=C/CC)Cc1ccc(N(C)C)cc1)N(C)C(=O)/C=C\C=O. The normalized spacial score (nSPS) is 12.2. The molecule has 0 spiro atoms. The van der Waals surface area contributed by atoms with Crippen LogP contribution >= 0.6 is 0 Å². The molecule has 144 valence electrons. The maximum absolute atomic E-state index is 12.0. The molecule has 1 aromatic carbocycles. The number of benzene rings is 1. The molecule has 0 unspecified atom stereocenters. The summed E-state index contributed by atoms with van der Waals surface area (Å²) in [5.74, 6) is -0.278. The minimum Gasteiger partial charge on any atom is -0.378 e. The van der Waals surface area contributed by atoms with Gasteiger partial charge in [-0.1, -0.05) is 37.8 Å². The summed E-state index contributed by atoms with van der Waals surface area (Å²) in [4.78, 5) is 25.9. The molecule has 0 N–H and O–H groups in total. The molecule has 1 amide bonds. The first-order valence-corrected chi connectivity index (χ1v) is 9.02. The van der Waals surface area contributed by atoms with Crippen molar-refractivity contribution in [2.24, 2.45) is 0 Å². The van der Waals surface area contributed by atoms with Gasteiger partial charge >= 0.3 is 0 Å². The molecule has 0 aromatic heterocycles. The second-order valence-electron chi connectivity index (χ2n) is 6.59. The van der Waals surface area contributed by atoms with E-state index in [1.165, 1.54) is 33.9 Å². The molecular formula is C23H30N2O2. The van der Waals surface area contributed by atoms with E-state index in [-0.39, 0.29) is 5.91 Å². The maximum atomic E-state index is 12.0. The number of hydrogen-bond donors (Lipinski definition) is 0. The summed E-state index contributed by atoms with van der Waals surface area (Å²) in [6.07, 6.45) is 9.00. The van der Waals surface area contributed by atoms with E-state index in [4.69, 9.17) is 0 Å². The van der Waals surface area contributed by atoms with Crippen molar-refractivity contribution in [3.8, 4) is 0 Å². The Morgan fingerprint density at radius 3 is 2.30 bits per heavy atom. The Morgan fingerprint density at radius 1 is 1.15 bits per heavy atom. The number of aldehydes is 1. The lowest BCUT2D eigenvalue weighted by Gasteiger charge is -2.19. The van der Waals surface area contributed by atoms with Gasteiger partial charge in [-0.25, -0.2) is 0 Å². The van der Waals surface area contributed by atoms with Crippen molar-refractivity contribution in [3.63, 3.8) is 0 Å². The molecule has 0 bridgehead atoms. The zero-order valence-electron chi connectivity index (χ0n) is 17.0. The minimum absolute atomic E-state index is 0.278. The Hall–Kier alpha value is -2.88. The van der Waals surface area contributed by atoms with Gasteiger partial charge in [-0.15, -0.1) is 0 Å². The number of carbonyl (C=O) groups is 2. The van der Waals surface area contributed by atoms with Gasteiger partial charge in [0.05, 0.1) is 0 Å². The Bertz CT molecular complexity index is 753. The Morgan fingerprint density at radius 2 is 1.78 bits per heavy atom. The summed E-state index contributed by atoms with van der Waals surface area (Å²) in [6, 6.07) is 8.49. The number of amides is 1. The fourth-order valence-corrected chi connectivity index (χ4v) is 2.58. The van der Waals surface area contributed by atoms with Crippen LogP contribution in [0.15, 0.2) is 72.0 Å². The smallest absolute Gasteiger partial charge is 0.250 e. The molecule has 0 fully saturated rings.